The minimum atomic E-state index is -0.337. The molecule has 1 fully saturated rings. The number of thioether (sulfide) groups is 1. The van der Waals surface area contributed by atoms with Crippen LogP contribution in [0.25, 0.3) is 11.0 Å². The van der Waals surface area contributed by atoms with E-state index in [-0.39, 0.29) is 29.0 Å². The van der Waals surface area contributed by atoms with E-state index >= 15 is 0 Å². The highest BCUT2D eigenvalue weighted by Crippen LogP contribution is 2.35. The number of hydrogen-bond acceptors (Lipinski definition) is 6. The van der Waals surface area contributed by atoms with Crippen molar-refractivity contribution in [3.8, 4) is 0 Å². The Morgan fingerprint density at radius 1 is 1.13 bits per heavy atom. The van der Waals surface area contributed by atoms with Crippen LogP contribution in [-0.4, -0.2) is 52.3 Å². The lowest BCUT2D eigenvalue weighted by Gasteiger charge is -2.33. The van der Waals surface area contributed by atoms with Crippen LogP contribution in [0.4, 0.5) is 14.5 Å². The zero-order valence-corrected chi connectivity index (χ0v) is 22.5. The first-order valence-electron chi connectivity index (χ1n) is 13.3. The Kier molecular flexibility index (Phi) is 8.11. The van der Waals surface area contributed by atoms with Gasteiger partial charge >= 0.3 is 0 Å². The summed E-state index contributed by atoms with van der Waals surface area (Å²) in [7, 11) is 0. The fourth-order valence-electron chi connectivity index (χ4n) is 5.67. The monoisotopic (exact) mass is 541 g/mol. The van der Waals surface area contributed by atoms with Crippen LogP contribution in [0, 0.1) is 17.6 Å². The van der Waals surface area contributed by atoms with Crippen molar-refractivity contribution in [2.24, 2.45) is 5.92 Å². The summed E-state index contributed by atoms with van der Waals surface area (Å²) in [5.74, 6) is 0.0756. The first kappa shape index (κ1) is 26.8. The number of carbonyl (C=O) groups is 1. The lowest BCUT2D eigenvalue weighted by Crippen LogP contribution is -2.39. The van der Waals surface area contributed by atoms with Gasteiger partial charge in [-0.25, -0.2) is 8.78 Å². The molecule has 202 valence electrons. The van der Waals surface area contributed by atoms with Gasteiger partial charge in [0.15, 0.2) is 0 Å². The summed E-state index contributed by atoms with van der Waals surface area (Å²) in [5, 5.41) is 6.20. The minimum absolute atomic E-state index is 0.0607. The van der Waals surface area contributed by atoms with Gasteiger partial charge in [-0.05, 0) is 56.6 Å². The van der Waals surface area contributed by atoms with E-state index in [9.17, 15) is 18.4 Å². The molecule has 2 N–H and O–H groups in total. The van der Waals surface area contributed by atoms with E-state index in [4.69, 9.17) is 0 Å². The smallest absolute Gasteiger partial charge is 0.251 e. The molecule has 0 spiro atoms. The highest BCUT2D eigenvalue weighted by atomic mass is 32.2. The van der Waals surface area contributed by atoms with Gasteiger partial charge < -0.3 is 20.1 Å². The molecule has 3 aliphatic rings. The molecule has 0 aliphatic carbocycles. The van der Waals surface area contributed by atoms with Crippen molar-refractivity contribution in [2.75, 3.05) is 37.2 Å². The van der Waals surface area contributed by atoms with Crippen molar-refractivity contribution in [3.63, 3.8) is 0 Å². The number of halogens is 2. The van der Waals surface area contributed by atoms with Crippen LogP contribution >= 0.6 is 11.8 Å². The summed E-state index contributed by atoms with van der Waals surface area (Å²) in [6.45, 7) is 8.20. The number of aromatic nitrogens is 2. The normalized spacial score (nSPS) is 19.2. The summed E-state index contributed by atoms with van der Waals surface area (Å²) in [6, 6.07) is 6.40. The molecule has 6 rings (SSSR count). The zero-order chi connectivity index (χ0) is 26.8. The van der Waals surface area contributed by atoms with Crippen LogP contribution in [0.2, 0.25) is 0 Å². The molecular weight excluding hydrogens is 508 g/mol. The Bertz CT molecular complexity index is 1400. The van der Waals surface area contributed by atoms with Gasteiger partial charge in [0, 0.05) is 47.6 Å². The molecule has 1 atom stereocenters. The number of amides is 1. The number of fused-ring (bicyclic) bond motifs is 1. The third-order valence-electron chi connectivity index (χ3n) is 7.52. The third-order valence-corrected chi connectivity index (χ3v) is 8.57. The molecule has 1 saturated heterocycles. The van der Waals surface area contributed by atoms with Gasteiger partial charge in [-0.1, -0.05) is 13.8 Å². The summed E-state index contributed by atoms with van der Waals surface area (Å²) < 4.78 is 30.9. The number of nitrogens with one attached hydrogen (secondary N) is 2. The van der Waals surface area contributed by atoms with E-state index in [1.54, 1.807) is 16.7 Å². The van der Waals surface area contributed by atoms with E-state index in [1.807, 2.05) is 13.8 Å². The number of likely N-dealkylation sites (tertiary alicyclic amines) is 1. The molecule has 2 aromatic heterocycles. The molecular formula is C28H33F2N5O2S. The predicted molar refractivity (Wildman–Crippen MR) is 147 cm³/mol. The second-order valence-corrected chi connectivity index (χ2v) is 10.9. The lowest BCUT2D eigenvalue weighted by molar-refractivity contribution is -0.113. The van der Waals surface area contributed by atoms with Crippen molar-refractivity contribution < 1.29 is 13.6 Å². The summed E-state index contributed by atoms with van der Waals surface area (Å²) in [4.78, 5) is 31.3. The molecule has 1 amide bonds. The predicted octanol–water partition coefficient (Wildman–Crippen LogP) is 4.34. The highest BCUT2D eigenvalue weighted by Gasteiger charge is 2.31. The summed E-state index contributed by atoms with van der Waals surface area (Å²) in [5.41, 5.74) is 3.04. The molecule has 38 heavy (non-hydrogen) atoms. The Morgan fingerprint density at radius 3 is 2.71 bits per heavy atom. The molecule has 3 aromatic rings. The average molecular weight is 542 g/mol. The quantitative estimate of drug-likeness (QED) is 0.483. The van der Waals surface area contributed by atoms with E-state index < -0.39 is 0 Å². The molecule has 10 heteroatoms. The van der Waals surface area contributed by atoms with Crippen LogP contribution in [0.1, 0.15) is 43.7 Å². The second-order valence-electron chi connectivity index (χ2n) is 9.88. The minimum Gasteiger partial charge on any atom is -0.324 e. The van der Waals surface area contributed by atoms with Gasteiger partial charge in [-0.2, -0.15) is 0 Å². The number of benzene rings is 1. The first-order valence-corrected chi connectivity index (χ1v) is 14.3. The largest absolute Gasteiger partial charge is 0.324 e. The fourth-order valence-corrected chi connectivity index (χ4v) is 6.48. The van der Waals surface area contributed by atoms with Gasteiger partial charge in [0.1, 0.15) is 11.6 Å². The standard InChI is InChI=1S/C26H27F2N5O2S.C2H6/c27-18-8-22-21(31-23(34)14-36-22)7-16(18)10-29-9-15-3-5-32(6-4-15)12-17-13-33-24(35)2-1-20-26(33)25(17)19(28)11-30-20;1-2/h1-2,7-8,11,15,17,29H,3-6,9-10,12-14H2,(H,31,34);1-2H3. The number of nitrogens with zero attached hydrogens (tertiary/aromatic N) is 3. The first-order chi connectivity index (χ1) is 18.5. The third kappa shape index (κ3) is 5.34. The van der Waals surface area contributed by atoms with Gasteiger partial charge in [0.25, 0.3) is 5.56 Å². The van der Waals surface area contributed by atoms with E-state index in [0.29, 0.717) is 59.2 Å². The molecule has 5 heterocycles. The number of rotatable bonds is 6. The van der Waals surface area contributed by atoms with Crippen molar-refractivity contribution in [1.29, 1.82) is 0 Å². The zero-order valence-electron chi connectivity index (χ0n) is 21.7. The molecule has 0 radical (unpaired) electrons. The second kappa shape index (κ2) is 11.5. The van der Waals surface area contributed by atoms with E-state index in [1.165, 1.54) is 30.1 Å². The van der Waals surface area contributed by atoms with Crippen LogP contribution in [0.5, 0.6) is 0 Å². The molecule has 1 aromatic carbocycles. The van der Waals surface area contributed by atoms with Gasteiger partial charge in [-0.3, -0.25) is 14.6 Å². The van der Waals surface area contributed by atoms with Gasteiger partial charge in [0.05, 0.1) is 28.7 Å². The van der Waals surface area contributed by atoms with Crippen molar-refractivity contribution in [2.45, 2.75) is 50.6 Å². The van der Waals surface area contributed by atoms with Crippen molar-refractivity contribution in [1.82, 2.24) is 19.8 Å². The summed E-state index contributed by atoms with van der Waals surface area (Å²) >= 11 is 1.36. The average Bonchev–Trinajstić information content (AvgIpc) is 3.31. The van der Waals surface area contributed by atoms with E-state index in [2.05, 4.69) is 20.5 Å². The number of anilines is 1. The maximum atomic E-state index is 14.7. The fraction of sp³-hybridized carbons (Fsp3) is 0.464. The van der Waals surface area contributed by atoms with Crippen LogP contribution in [0.3, 0.4) is 0 Å². The van der Waals surface area contributed by atoms with E-state index in [0.717, 1.165) is 37.4 Å². The Hall–Kier alpha value is -2.82. The Balaban J connectivity index is 0.00000144. The number of carbonyl (C=O) groups excluding carboxylic acids is 1. The Morgan fingerprint density at radius 2 is 1.92 bits per heavy atom. The molecule has 1 unspecified atom stereocenters. The van der Waals surface area contributed by atoms with Crippen LogP contribution in [-0.2, 0) is 17.9 Å². The number of piperidine rings is 1. The maximum absolute atomic E-state index is 14.7. The Labute approximate surface area is 225 Å². The van der Waals surface area contributed by atoms with Gasteiger partial charge in [0.2, 0.25) is 5.91 Å². The van der Waals surface area contributed by atoms with Crippen molar-refractivity contribution >= 4 is 34.4 Å². The maximum Gasteiger partial charge on any atom is 0.251 e. The molecule has 7 nitrogen and oxygen atoms in total. The summed E-state index contributed by atoms with van der Waals surface area (Å²) in [6.07, 6.45) is 3.27. The lowest BCUT2D eigenvalue weighted by atomic mass is 9.94. The van der Waals surface area contributed by atoms with Crippen molar-refractivity contribution in [3.05, 3.63) is 63.6 Å². The molecule has 3 aliphatic heterocycles. The number of pyridine rings is 2. The molecule has 0 bridgehead atoms. The van der Waals surface area contributed by atoms with Crippen LogP contribution < -0.4 is 16.2 Å². The molecule has 0 saturated carbocycles. The number of hydrogen-bond donors (Lipinski definition) is 2. The topological polar surface area (TPSA) is 79.3 Å². The highest BCUT2D eigenvalue weighted by molar-refractivity contribution is 8.00. The van der Waals surface area contributed by atoms with Gasteiger partial charge in [-0.15, -0.1) is 11.8 Å². The SMILES string of the molecule is CC.O=C1CSc2cc(F)c(CNCC3CCN(CC4Cn5c(=O)ccc6ncc(F)c4c65)CC3)cc2N1. The van der Waals surface area contributed by atoms with Crippen LogP contribution in [0.15, 0.2) is 40.2 Å².